The second kappa shape index (κ2) is 5.27. The molecule has 1 atom stereocenters. The van der Waals surface area contributed by atoms with E-state index in [4.69, 9.17) is 5.26 Å². The second-order valence-corrected chi connectivity index (χ2v) is 6.32. The standard InChI is InChI=1S/C14H18BrFN2/c1-9(14(2,3)4)18(5)11-7-6-10(8-17)12(15)13(11)16/h6-7,9H,1-5H3. The molecule has 0 fully saturated rings. The topological polar surface area (TPSA) is 27.0 Å². The Morgan fingerprint density at radius 1 is 1.39 bits per heavy atom. The molecule has 0 aromatic heterocycles. The van der Waals surface area contributed by atoms with Crippen LogP contribution in [0.2, 0.25) is 0 Å². The molecule has 18 heavy (non-hydrogen) atoms. The van der Waals surface area contributed by atoms with Crippen LogP contribution in [0, 0.1) is 22.6 Å². The summed E-state index contributed by atoms with van der Waals surface area (Å²) in [7, 11) is 1.87. The molecule has 0 aliphatic carbocycles. The fourth-order valence-corrected chi connectivity index (χ4v) is 2.11. The number of hydrogen-bond acceptors (Lipinski definition) is 2. The van der Waals surface area contributed by atoms with Gasteiger partial charge in [0.15, 0.2) is 5.82 Å². The molecule has 0 aliphatic heterocycles. The lowest BCUT2D eigenvalue weighted by molar-refractivity contribution is 0.328. The molecule has 0 N–H and O–H groups in total. The Labute approximate surface area is 117 Å². The molecule has 1 aromatic carbocycles. The molecule has 1 unspecified atom stereocenters. The maximum absolute atomic E-state index is 14.2. The zero-order chi connectivity index (χ0) is 14.1. The molecular formula is C14H18BrFN2. The van der Waals surface area contributed by atoms with Crippen LogP contribution in [0.15, 0.2) is 16.6 Å². The van der Waals surface area contributed by atoms with Crippen molar-refractivity contribution in [3.8, 4) is 6.07 Å². The van der Waals surface area contributed by atoms with Gasteiger partial charge >= 0.3 is 0 Å². The van der Waals surface area contributed by atoms with Crippen LogP contribution in [0.5, 0.6) is 0 Å². The first-order valence-electron chi connectivity index (χ1n) is 5.81. The third-order valence-corrected chi connectivity index (χ3v) is 4.17. The monoisotopic (exact) mass is 312 g/mol. The first-order valence-corrected chi connectivity index (χ1v) is 6.60. The molecule has 1 rings (SSSR count). The maximum atomic E-state index is 14.2. The van der Waals surface area contributed by atoms with Crippen molar-refractivity contribution in [3.05, 3.63) is 28.0 Å². The average molecular weight is 313 g/mol. The summed E-state index contributed by atoms with van der Waals surface area (Å²) < 4.78 is 14.4. The van der Waals surface area contributed by atoms with Gasteiger partial charge in [-0.15, -0.1) is 0 Å². The van der Waals surface area contributed by atoms with Crippen LogP contribution < -0.4 is 4.90 Å². The van der Waals surface area contributed by atoms with Crippen LogP contribution in [-0.4, -0.2) is 13.1 Å². The van der Waals surface area contributed by atoms with Crippen molar-refractivity contribution < 1.29 is 4.39 Å². The second-order valence-electron chi connectivity index (χ2n) is 5.52. The number of nitriles is 1. The van der Waals surface area contributed by atoms with Crippen LogP contribution in [-0.2, 0) is 0 Å². The van der Waals surface area contributed by atoms with Gasteiger partial charge in [-0.1, -0.05) is 20.8 Å². The van der Waals surface area contributed by atoms with E-state index in [0.29, 0.717) is 11.3 Å². The Hall–Kier alpha value is -1.08. The van der Waals surface area contributed by atoms with E-state index >= 15 is 0 Å². The van der Waals surface area contributed by atoms with E-state index < -0.39 is 0 Å². The van der Waals surface area contributed by atoms with Crippen molar-refractivity contribution in [2.24, 2.45) is 5.41 Å². The summed E-state index contributed by atoms with van der Waals surface area (Å²) >= 11 is 3.13. The van der Waals surface area contributed by atoms with Crippen molar-refractivity contribution in [1.29, 1.82) is 5.26 Å². The molecule has 2 nitrogen and oxygen atoms in total. The zero-order valence-electron chi connectivity index (χ0n) is 11.4. The van der Waals surface area contributed by atoms with Crippen molar-refractivity contribution in [3.63, 3.8) is 0 Å². The SMILES string of the molecule is CC(N(C)c1ccc(C#N)c(Br)c1F)C(C)(C)C. The van der Waals surface area contributed by atoms with Gasteiger partial charge in [0.25, 0.3) is 0 Å². The zero-order valence-corrected chi connectivity index (χ0v) is 13.0. The predicted molar refractivity (Wildman–Crippen MR) is 76.1 cm³/mol. The van der Waals surface area contributed by atoms with Crippen LogP contribution in [0.4, 0.5) is 10.1 Å². The van der Waals surface area contributed by atoms with E-state index in [1.165, 1.54) is 0 Å². The van der Waals surface area contributed by atoms with E-state index in [0.717, 1.165) is 0 Å². The number of hydrogen-bond donors (Lipinski definition) is 0. The van der Waals surface area contributed by atoms with E-state index in [1.54, 1.807) is 12.1 Å². The van der Waals surface area contributed by atoms with Crippen molar-refractivity contribution in [2.45, 2.75) is 33.7 Å². The predicted octanol–water partition coefficient (Wildman–Crippen LogP) is 4.33. The van der Waals surface area contributed by atoms with Gasteiger partial charge in [0.1, 0.15) is 6.07 Å². The Morgan fingerprint density at radius 3 is 2.39 bits per heavy atom. The molecule has 0 saturated carbocycles. The molecular weight excluding hydrogens is 295 g/mol. The van der Waals surface area contributed by atoms with Crippen LogP contribution >= 0.6 is 15.9 Å². The van der Waals surface area contributed by atoms with Crippen LogP contribution in [0.25, 0.3) is 0 Å². The number of halogens is 2. The molecule has 0 saturated heterocycles. The molecule has 0 spiro atoms. The quantitative estimate of drug-likeness (QED) is 0.812. The van der Waals surface area contributed by atoms with Gasteiger partial charge in [0.05, 0.1) is 15.7 Å². The lowest BCUT2D eigenvalue weighted by atomic mass is 9.87. The Balaban J connectivity index is 3.20. The van der Waals surface area contributed by atoms with Crippen molar-refractivity contribution in [2.75, 3.05) is 11.9 Å². The Morgan fingerprint density at radius 2 is 1.94 bits per heavy atom. The van der Waals surface area contributed by atoms with Gasteiger partial charge in [0, 0.05) is 13.1 Å². The highest BCUT2D eigenvalue weighted by molar-refractivity contribution is 9.10. The van der Waals surface area contributed by atoms with Gasteiger partial charge in [-0.2, -0.15) is 5.26 Å². The molecule has 0 amide bonds. The summed E-state index contributed by atoms with van der Waals surface area (Å²) in [4.78, 5) is 1.90. The van der Waals surface area contributed by atoms with E-state index in [-0.39, 0.29) is 21.7 Å². The summed E-state index contributed by atoms with van der Waals surface area (Å²) in [6.07, 6.45) is 0. The van der Waals surface area contributed by atoms with Crippen LogP contribution in [0.1, 0.15) is 33.3 Å². The lowest BCUT2D eigenvalue weighted by Crippen LogP contribution is -2.39. The van der Waals surface area contributed by atoms with Gasteiger partial charge in [-0.3, -0.25) is 0 Å². The summed E-state index contributed by atoms with van der Waals surface area (Å²) in [6, 6.07) is 5.42. The summed E-state index contributed by atoms with van der Waals surface area (Å²) in [6.45, 7) is 8.41. The highest BCUT2D eigenvalue weighted by Gasteiger charge is 2.26. The first kappa shape index (κ1) is 15.0. The van der Waals surface area contributed by atoms with Gasteiger partial charge in [0.2, 0.25) is 0 Å². The molecule has 98 valence electrons. The molecule has 0 bridgehead atoms. The minimum absolute atomic E-state index is 0.0432. The smallest absolute Gasteiger partial charge is 0.161 e. The Kier molecular flexibility index (Phi) is 4.39. The largest absolute Gasteiger partial charge is 0.369 e. The van der Waals surface area contributed by atoms with E-state index in [1.807, 2.05) is 18.0 Å². The molecule has 4 heteroatoms. The molecule has 0 aliphatic rings. The minimum Gasteiger partial charge on any atom is -0.369 e. The number of rotatable bonds is 2. The highest BCUT2D eigenvalue weighted by atomic mass is 79.9. The maximum Gasteiger partial charge on any atom is 0.161 e. The van der Waals surface area contributed by atoms with Gasteiger partial charge in [-0.25, -0.2) is 4.39 Å². The number of anilines is 1. The summed E-state index contributed by atoms with van der Waals surface area (Å²) in [5.41, 5.74) is 0.859. The van der Waals surface area contributed by atoms with Crippen molar-refractivity contribution >= 4 is 21.6 Å². The summed E-state index contributed by atoms with van der Waals surface area (Å²) in [5, 5.41) is 8.85. The average Bonchev–Trinajstić information content (AvgIpc) is 2.29. The fraction of sp³-hybridized carbons (Fsp3) is 0.500. The Bertz CT molecular complexity index is 486. The summed E-state index contributed by atoms with van der Waals surface area (Å²) in [5.74, 6) is -0.382. The van der Waals surface area contributed by atoms with E-state index in [2.05, 4.69) is 43.6 Å². The normalized spacial score (nSPS) is 13.0. The minimum atomic E-state index is -0.382. The van der Waals surface area contributed by atoms with E-state index in [9.17, 15) is 4.39 Å². The van der Waals surface area contributed by atoms with Crippen LogP contribution in [0.3, 0.4) is 0 Å². The third-order valence-electron chi connectivity index (χ3n) is 3.40. The highest BCUT2D eigenvalue weighted by Crippen LogP contribution is 2.33. The van der Waals surface area contributed by atoms with Crippen molar-refractivity contribution in [1.82, 2.24) is 0 Å². The van der Waals surface area contributed by atoms with Gasteiger partial charge < -0.3 is 4.90 Å². The molecule has 0 radical (unpaired) electrons. The third kappa shape index (κ3) is 2.84. The fourth-order valence-electron chi connectivity index (χ4n) is 1.69. The molecule has 0 heterocycles. The van der Waals surface area contributed by atoms with Gasteiger partial charge in [-0.05, 0) is 40.4 Å². The number of benzene rings is 1. The first-order chi connectivity index (χ1) is 8.20. The lowest BCUT2D eigenvalue weighted by Gasteiger charge is -2.37. The number of nitrogens with zero attached hydrogens (tertiary/aromatic N) is 2. The molecule has 1 aromatic rings.